The van der Waals surface area contributed by atoms with Crippen LogP contribution in [-0.4, -0.2) is 30.5 Å². The van der Waals surface area contributed by atoms with Crippen LogP contribution in [0.15, 0.2) is 55.2 Å². The number of carbonyl (C=O) groups excluding carboxylic acids is 1. The van der Waals surface area contributed by atoms with E-state index in [-0.39, 0.29) is 5.91 Å². The SMILES string of the molecule is C=C/C=C(\C=C)C1CCN(C(=O)CCCOc2ccc(Cl)cc2Cl)CC1. The van der Waals surface area contributed by atoms with Crippen LogP contribution in [0, 0.1) is 5.92 Å². The van der Waals surface area contributed by atoms with E-state index < -0.39 is 0 Å². The van der Waals surface area contributed by atoms with Crippen molar-refractivity contribution in [2.24, 2.45) is 5.92 Å². The Balaban J connectivity index is 1.71. The highest BCUT2D eigenvalue weighted by molar-refractivity contribution is 6.35. The summed E-state index contributed by atoms with van der Waals surface area (Å²) in [7, 11) is 0. The molecule has 0 N–H and O–H groups in total. The summed E-state index contributed by atoms with van der Waals surface area (Å²) in [5.41, 5.74) is 1.21. The molecule has 1 heterocycles. The van der Waals surface area contributed by atoms with Crippen LogP contribution in [0.1, 0.15) is 25.7 Å². The van der Waals surface area contributed by atoms with Gasteiger partial charge in [0.25, 0.3) is 0 Å². The standard InChI is InChI=1S/C21H25Cl2NO2/c1-3-6-16(4-2)17-10-12-24(13-11-17)21(25)7-5-14-26-20-9-8-18(22)15-19(20)23/h3-4,6,8-9,15,17H,1-2,5,7,10-14H2/b16-6+. The van der Waals surface area contributed by atoms with Crippen molar-refractivity contribution in [1.29, 1.82) is 0 Å². The van der Waals surface area contributed by atoms with Gasteiger partial charge in [-0.25, -0.2) is 0 Å². The lowest BCUT2D eigenvalue weighted by Gasteiger charge is -2.32. The normalized spacial score (nSPS) is 15.6. The number of piperidine rings is 1. The van der Waals surface area contributed by atoms with Crippen LogP contribution in [0.5, 0.6) is 5.75 Å². The number of nitrogens with zero attached hydrogens (tertiary/aromatic N) is 1. The van der Waals surface area contributed by atoms with E-state index in [9.17, 15) is 4.79 Å². The number of rotatable bonds is 8. The van der Waals surface area contributed by atoms with E-state index in [1.807, 2.05) is 17.1 Å². The molecule has 1 amide bonds. The Hall–Kier alpha value is -1.71. The lowest BCUT2D eigenvalue weighted by molar-refractivity contribution is -0.132. The molecule has 140 valence electrons. The summed E-state index contributed by atoms with van der Waals surface area (Å²) in [5, 5.41) is 1.06. The minimum Gasteiger partial charge on any atom is -0.492 e. The molecule has 0 atom stereocenters. The van der Waals surface area contributed by atoms with Gasteiger partial charge in [0, 0.05) is 24.5 Å². The van der Waals surface area contributed by atoms with E-state index in [2.05, 4.69) is 13.2 Å². The van der Waals surface area contributed by atoms with Crippen LogP contribution in [0.2, 0.25) is 10.0 Å². The van der Waals surface area contributed by atoms with Gasteiger partial charge in [0.1, 0.15) is 5.75 Å². The van der Waals surface area contributed by atoms with Gasteiger partial charge < -0.3 is 9.64 Å². The number of carbonyl (C=O) groups is 1. The minimum absolute atomic E-state index is 0.183. The first-order chi connectivity index (χ1) is 12.5. The number of hydrogen-bond donors (Lipinski definition) is 0. The topological polar surface area (TPSA) is 29.5 Å². The van der Waals surface area contributed by atoms with Crippen LogP contribution < -0.4 is 4.74 Å². The highest BCUT2D eigenvalue weighted by atomic mass is 35.5. The molecule has 3 nitrogen and oxygen atoms in total. The van der Waals surface area contributed by atoms with Crippen molar-refractivity contribution < 1.29 is 9.53 Å². The quantitative estimate of drug-likeness (QED) is 0.419. The fourth-order valence-electron chi connectivity index (χ4n) is 3.12. The van der Waals surface area contributed by atoms with E-state index in [4.69, 9.17) is 27.9 Å². The summed E-state index contributed by atoms with van der Waals surface area (Å²) in [5.74, 6) is 1.24. The summed E-state index contributed by atoms with van der Waals surface area (Å²) in [6.45, 7) is 9.64. The lowest BCUT2D eigenvalue weighted by Crippen LogP contribution is -2.38. The van der Waals surface area contributed by atoms with Gasteiger partial charge in [0.05, 0.1) is 11.6 Å². The predicted molar refractivity (Wildman–Crippen MR) is 109 cm³/mol. The third-order valence-corrected chi connectivity index (χ3v) is 5.08. The maximum absolute atomic E-state index is 12.4. The van der Waals surface area contributed by atoms with Gasteiger partial charge in [-0.05, 0) is 49.0 Å². The molecule has 2 rings (SSSR count). The molecule has 1 aliphatic rings. The first kappa shape index (κ1) is 20.6. The van der Waals surface area contributed by atoms with Crippen LogP contribution in [0.4, 0.5) is 0 Å². The summed E-state index contributed by atoms with van der Waals surface area (Å²) in [4.78, 5) is 14.3. The fraction of sp³-hybridized carbons (Fsp3) is 0.381. The number of hydrogen-bond acceptors (Lipinski definition) is 2. The second-order valence-electron chi connectivity index (χ2n) is 6.29. The Bertz CT molecular complexity index is 677. The van der Waals surface area contributed by atoms with Gasteiger partial charge in [-0.2, -0.15) is 0 Å². The third-order valence-electron chi connectivity index (χ3n) is 4.55. The van der Waals surface area contributed by atoms with Gasteiger partial charge in [0.2, 0.25) is 5.91 Å². The third kappa shape index (κ3) is 5.93. The second kappa shape index (κ2) is 10.4. The van der Waals surface area contributed by atoms with Crippen LogP contribution >= 0.6 is 23.2 Å². The number of allylic oxidation sites excluding steroid dienone is 4. The molecule has 0 aromatic heterocycles. The molecule has 0 radical (unpaired) electrons. The lowest BCUT2D eigenvalue weighted by atomic mass is 9.88. The van der Waals surface area contributed by atoms with Crippen molar-refractivity contribution >= 4 is 29.1 Å². The zero-order valence-corrected chi connectivity index (χ0v) is 16.4. The molecule has 1 saturated heterocycles. The summed E-state index contributed by atoms with van der Waals surface area (Å²) in [6, 6.07) is 5.12. The number of ether oxygens (including phenoxy) is 1. The maximum atomic E-state index is 12.4. The van der Waals surface area contributed by atoms with Gasteiger partial charge in [0.15, 0.2) is 0 Å². The molecule has 26 heavy (non-hydrogen) atoms. The molecule has 0 bridgehead atoms. The molecule has 0 aliphatic carbocycles. The highest BCUT2D eigenvalue weighted by Crippen LogP contribution is 2.28. The van der Waals surface area contributed by atoms with E-state index in [1.165, 1.54) is 5.57 Å². The Labute approximate surface area is 165 Å². The van der Waals surface area contributed by atoms with Crippen molar-refractivity contribution in [3.8, 4) is 5.75 Å². The van der Waals surface area contributed by atoms with Crippen molar-refractivity contribution in [3.63, 3.8) is 0 Å². The molecular formula is C21H25Cl2NO2. The van der Waals surface area contributed by atoms with E-state index >= 15 is 0 Å². The second-order valence-corrected chi connectivity index (χ2v) is 7.13. The molecular weight excluding hydrogens is 369 g/mol. The average Bonchev–Trinajstić information content (AvgIpc) is 2.64. The van der Waals surface area contributed by atoms with Crippen LogP contribution in [-0.2, 0) is 4.79 Å². The Morgan fingerprint density at radius 3 is 2.62 bits per heavy atom. The molecule has 1 aliphatic heterocycles. The van der Waals surface area contributed by atoms with Crippen LogP contribution in [0.3, 0.4) is 0 Å². The van der Waals surface area contributed by atoms with Crippen molar-refractivity contribution in [2.75, 3.05) is 19.7 Å². The van der Waals surface area contributed by atoms with Gasteiger partial charge in [-0.1, -0.05) is 54.6 Å². The van der Waals surface area contributed by atoms with Gasteiger partial charge in [-0.3, -0.25) is 4.79 Å². The highest BCUT2D eigenvalue weighted by Gasteiger charge is 2.23. The maximum Gasteiger partial charge on any atom is 0.222 e. The van der Waals surface area contributed by atoms with E-state index in [1.54, 1.807) is 24.3 Å². The average molecular weight is 394 g/mol. The zero-order chi connectivity index (χ0) is 18.9. The smallest absolute Gasteiger partial charge is 0.222 e. The molecule has 1 aromatic rings. The van der Waals surface area contributed by atoms with Gasteiger partial charge in [-0.15, -0.1) is 0 Å². The zero-order valence-electron chi connectivity index (χ0n) is 14.9. The Kier molecular flexibility index (Phi) is 8.27. The van der Waals surface area contributed by atoms with Crippen LogP contribution in [0.25, 0.3) is 0 Å². The van der Waals surface area contributed by atoms with E-state index in [0.29, 0.717) is 41.2 Å². The Morgan fingerprint density at radius 1 is 1.27 bits per heavy atom. The molecule has 5 heteroatoms. The first-order valence-corrected chi connectivity index (χ1v) is 9.61. The van der Waals surface area contributed by atoms with Crippen molar-refractivity contribution in [1.82, 2.24) is 4.90 Å². The summed E-state index contributed by atoms with van der Waals surface area (Å²) >= 11 is 11.9. The number of benzene rings is 1. The minimum atomic E-state index is 0.183. The molecule has 1 aromatic carbocycles. The predicted octanol–water partition coefficient (Wildman–Crippen LogP) is 5.69. The number of halogens is 2. The first-order valence-electron chi connectivity index (χ1n) is 8.85. The molecule has 0 unspecified atom stereocenters. The Morgan fingerprint density at radius 2 is 2.00 bits per heavy atom. The van der Waals surface area contributed by atoms with Gasteiger partial charge >= 0.3 is 0 Å². The van der Waals surface area contributed by atoms with Crippen molar-refractivity contribution in [2.45, 2.75) is 25.7 Å². The molecule has 0 spiro atoms. The fourth-order valence-corrected chi connectivity index (χ4v) is 3.59. The summed E-state index contributed by atoms with van der Waals surface area (Å²) in [6.07, 6.45) is 8.76. The monoisotopic (exact) mass is 393 g/mol. The van der Waals surface area contributed by atoms with Crippen molar-refractivity contribution in [3.05, 3.63) is 65.2 Å². The molecule has 1 fully saturated rings. The number of amides is 1. The molecule has 0 saturated carbocycles. The number of likely N-dealkylation sites (tertiary alicyclic amines) is 1. The summed E-state index contributed by atoms with van der Waals surface area (Å²) < 4.78 is 5.63. The van der Waals surface area contributed by atoms with E-state index in [0.717, 1.165) is 25.9 Å². The largest absolute Gasteiger partial charge is 0.492 e.